The van der Waals surface area contributed by atoms with E-state index < -0.39 is 0 Å². The second-order valence-corrected chi connectivity index (χ2v) is 3.38. The minimum Gasteiger partial charge on any atom is -0.129 e. The molecular weight excluding hydrogens is 131 g/mol. The molecule has 0 amide bonds. The Hall–Kier alpha value is -0.415. The van der Waals surface area contributed by atoms with Gasteiger partial charge < -0.3 is 0 Å². The Kier molecular flexibility index (Phi) is 6.07. The van der Waals surface area contributed by atoms with Gasteiger partial charge in [-0.25, -0.2) is 0 Å². The van der Waals surface area contributed by atoms with Gasteiger partial charge in [0.1, 0.15) is 0 Å². The van der Waals surface area contributed by atoms with Crippen LogP contribution < -0.4 is 0 Å². The molecule has 0 fully saturated rings. The third kappa shape index (κ3) is 7.48. The molecule has 2 radical (unpaired) electrons. The number of hydrogen-bond donors (Lipinski definition) is 0. The minimum absolute atomic E-state index is 0.457. The molecular formula is C10H17B. The minimum atomic E-state index is 0.457. The highest BCUT2D eigenvalue weighted by Crippen LogP contribution is 2.01. The Morgan fingerprint density at radius 2 is 2.00 bits per heavy atom. The van der Waals surface area contributed by atoms with Gasteiger partial charge in [0.05, 0.1) is 7.85 Å². The van der Waals surface area contributed by atoms with E-state index in [9.17, 15) is 0 Å². The molecule has 0 saturated heterocycles. The van der Waals surface area contributed by atoms with Gasteiger partial charge >= 0.3 is 0 Å². The number of allylic oxidation sites excluding steroid dienone is 1. The molecule has 0 saturated carbocycles. The standard InChI is InChI=1S/C10H17B/c1-9(2)6-4-5-7-10(3)8-11/h4,7,9-10H,6,8H2,1-3H3. The number of rotatable bonds is 4. The van der Waals surface area contributed by atoms with Crippen LogP contribution in [0.4, 0.5) is 0 Å². The fraction of sp³-hybridized carbons (Fsp3) is 0.700. The van der Waals surface area contributed by atoms with Crippen molar-refractivity contribution < 1.29 is 0 Å². The smallest absolute Gasteiger partial charge is 0.0661 e. The molecule has 1 atom stereocenters. The summed E-state index contributed by atoms with van der Waals surface area (Å²) in [6, 6.07) is 0. The Balaban J connectivity index is 3.63. The van der Waals surface area contributed by atoms with E-state index in [1.165, 1.54) is 0 Å². The monoisotopic (exact) mass is 148 g/mol. The van der Waals surface area contributed by atoms with Gasteiger partial charge in [0.25, 0.3) is 0 Å². The van der Waals surface area contributed by atoms with Crippen LogP contribution in [0.25, 0.3) is 0 Å². The quantitative estimate of drug-likeness (QED) is 0.424. The van der Waals surface area contributed by atoms with Crippen molar-refractivity contribution in [3.05, 3.63) is 17.9 Å². The summed E-state index contributed by atoms with van der Waals surface area (Å²) >= 11 is 0. The molecule has 0 rings (SSSR count). The topological polar surface area (TPSA) is 0 Å². The molecule has 0 bridgehead atoms. The maximum absolute atomic E-state index is 5.43. The van der Waals surface area contributed by atoms with E-state index in [4.69, 9.17) is 7.85 Å². The summed E-state index contributed by atoms with van der Waals surface area (Å²) in [6.45, 7) is 6.49. The van der Waals surface area contributed by atoms with E-state index in [0.29, 0.717) is 12.2 Å². The Morgan fingerprint density at radius 1 is 1.36 bits per heavy atom. The van der Waals surface area contributed by atoms with Crippen molar-refractivity contribution in [3.63, 3.8) is 0 Å². The van der Waals surface area contributed by atoms with E-state index in [1.54, 1.807) is 0 Å². The molecule has 1 heteroatoms. The molecule has 0 N–H and O–H groups in total. The molecule has 0 heterocycles. The second kappa shape index (κ2) is 6.31. The first kappa shape index (κ1) is 10.6. The Morgan fingerprint density at radius 3 is 2.45 bits per heavy atom. The van der Waals surface area contributed by atoms with Crippen LogP contribution in [0.2, 0.25) is 6.32 Å². The molecule has 0 aromatic heterocycles. The van der Waals surface area contributed by atoms with Gasteiger partial charge in [-0.15, -0.1) is 5.73 Å². The van der Waals surface area contributed by atoms with Gasteiger partial charge in [0, 0.05) is 0 Å². The lowest BCUT2D eigenvalue weighted by Gasteiger charge is -1.96. The molecule has 0 aliphatic rings. The zero-order valence-corrected chi connectivity index (χ0v) is 7.80. The summed E-state index contributed by atoms with van der Waals surface area (Å²) in [7, 11) is 5.43. The van der Waals surface area contributed by atoms with Crippen molar-refractivity contribution in [3.8, 4) is 0 Å². The summed E-state index contributed by atoms with van der Waals surface area (Å²) in [5.74, 6) is 1.18. The lowest BCUT2D eigenvalue weighted by molar-refractivity contribution is 0.664. The summed E-state index contributed by atoms with van der Waals surface area (Å²) in [4.78, 5) is 0. The first-order chi connectivity index (χ1) is 5.16. The third-order valence-electron chi connectivity index (χ3n) is 1.46. The molecule has 0 nitrogen and oxygen atoms in total. The van der Waals surface area contributed by atoms with Crippen LogP contribution in [0.5, 0.6) is 0 Å². The van der Waals surface area contributed by atoms with Crippen LogP contribution >= 0.6 is 0 Å². The molecule has 11 heavy (non-hydrogen) atoms. The van der Waals surface area contributed by atoms with Crippen molar-refractivity contribution in [2.45, 2.75) is 33.5 Å². The summed E-state index contributed by atoms with van der Waals surface area (Å²) in [5.41, 5.74) is 3.14. The normalized spacial score (nSPS) is 12.4. The molecule has 0 spiro atoms. The van der Waals surface area contributed by atoms with Crippen molar-refractivity contribution >= 4 is 7.85 Å². The van der Waals surface area contributed by atoms with Gasteiger partial charge in [-0.2, -0.15) is 0 Å². The molecule has 0 aromatic rings. The SMILES string of the molecule is [B]CC(C)C=C=CCC(C)C. The molecule has 1 unspecified atom stereocenters. The second-order valence-electron chi connectivity index (χ2n) is 3.38. The number of hydrogen-bond acceptors (Lipinski definition) is 0. The van der Waals surface area contributed by atoms with Gasteiger partial charge in [0.2, 0.25) is 0 Å². The van der Waals surface area contributed by atoms with Crippen LogP contribution in [-0.2, 0) is 0 Å². The molecule has 0 aromatic carbocycles. The van der Waals surface area contributed by atoms with Crippen molar-refractivity contribution in [2.75, 3.05) is 0 Å². The highest BCUT2D eigenvalue weighted by atomic mass is 13.9. The molecule has 60 valence electrons. The average molecular weight is 148 g/mol. The van der Waals surface area contributed by atoms with Gasteiger partial charge in [0.15, 0.2) is 0 Å². The first-order valence-corrected chi connectivity index (χ1v) is 4.28. The first-order valence-electron chi connectivity index (χ1n) is 4.28. The predicted molar refractivity (Wildman–Crippen MR) is 51.8 cm³/mol. The Labute approximate surface area is 71.8 Å². The van der Waals surface area contributed by atoms with E-state index in [1.807, 2.05) is 6.08 Å². The van der Waals surface area contributed by atoms with Crippen LogP contribution in [0.1, 0.15) is 27.2 Å². The lowest BCUT2D eigenvalue weighted by Crippen LogP contribution is -1.84. The fourth-order valence-electron chi connectivity index (χ4n) is 0.604. The maximum atomic E-state index is 5.43. The fourth-order valence-corrected chi connectivity index (χ4v) is 0.604. The van der Waals surface area contributed by atoms with Gasteiger partial charge in [-0.05, 0) is 30.4 Å². The van der Waals surface area contributed by atoms with E-state index >= 15 is 0 Å². The van der Waals surface area contributed by atoms with Crippen LogP contribution in [0, 0.1) is 11.8 Å². The zero-order chi connectivity index (χ0) is 8.69. The summed E-state index contributed by atoms with van der Waals surface area (Å²) in [6.07, 6.45) is 5.93. The maximum Gasteiger partial charge on any atom is 0.0661 e. The van der Waals surface area contributed by atoms with Gasteiger partial charge in [-0.3, -0.25) is 0 Å². The Bertz CT molecular complexity index is 141. The van der Waals surface area contributed by atoms with Crippen molar-refractivity contribution in [1.29, 1.82) is 0 Å². The molecule has 0 aliphatic heterocycles. The zero-order valence-electron chi connectivity index (χ0n) is 7.80. The molecule has 0 aliphatic carbocycles. The highest BCUT2D eigenvalue weighted by molar-refractivity contribution is 6.08. The van der Waals surface area contributed by atoms with Gasteiger partial charge in [-0.1, -0.05) is 27.1 Å². The van der Waals surface area contributed by atoms with Crippen LogP contribution in [0.15, 0.2) is 17.9 Å². The summed E-state index contributed by atoms with van der Waals surface area (Å²) in [5, 5.41) is 0. The predicted octanol–water partition coefficient (Wildman–Crippen LogP) is 2.97. The summed E-state index contributed by atoms with van der Waals surface area (Å²) < 4.78 is 0. The van der Waals surface area contributed by atoms with E-state index in [0.717, 1.165) is 12.3 Å². The van der Waals surface area contributed by atoms with Crippen LogP contribution in [0.3, 0.4) is 0 Å². The average Bonchev–Trinajstić information content (AvgIpc) is 1.97. The van der Waals surface area contributed by atoms with Crippen molar-refractivity contribution in [1.82, 2.24) is 0 Å². The van der Waals surface area contributed by atoms with E-state index in [-0.39, 0.29) is 0 Å². The third-order valence-corrected chi connectivity index (χ3v) is 1.46. The van der Waals surface area contributed by atoms with Crippen LogP contribution in [-0.4, -0.2) is 7.85 Å². The highest BCUT2D eigenvalue weighted by Gasteiger charge is 1.88. The largest absolute Gasteiger partial charge is 0.129 e. The van der Waals surface area contributed by atoms with E-state index in [2.05, 4.69) is 32.6 Å². The lowest BCUT2D eigenvalue weighted by atomic mass is 9.93. The van der Waals surface area contributed by atoms with Crippen molar-refractivity contribution in [2.24, 2.45) is 11.8 Å².